The van der Waals surface area contributed by atoms with Crippen molar-refractivity contribution in [2.24, 2.45) is 5.92 Å². The molecule has 0 saturated carbocycles. The van der Waals surface area contributed by atoms with E-state index < -0.39 is 0 Å². The summed E-state index contributed by atoms with van der Waals surface area (Å²) in [5.41, 5.74) is 1.23. The molecule has 104 valence electrons. The van der Waals surface area contributed by atoms with Crippen LogP contribution < -0.4 is 5.32 Å². The van der Waals surface area contributed by atoms with Crippen LogP contribution in [0.25, 0.3) is 0 Å². The Morgan fingerprint density at radius 1 is 1.37 bits per heavy atom. The summed E-state index contributed by atoms with van der Waals surface area (Å²) in [7, 11) is 0. The van der Waals surface area contributed by atoms with Gasteiger partial charge in [-0.25, -0.2) is 4.79 Å². The lowest BCUT2D eigenvalue weighted by molar-refractivity contribution is 0.129. The molecule has 0 aromatic heterocycles. The molecule has 2 amide bonds. The van der Waals surface area contributed by atoms with E-state index in [0.29, 0.717) is 13.1 Å². The molecule has 1 saturated heterocycles. The largest absolute Gasteiger partial charge is 0.396 e. The van der Waals surface area contributed by atoms with Crippen LogP contribution in [0.5, 0.6) is 0 Å². The van der Waals surface area contributed by atoms with Crippen LogP contribution in [0.4, 0.5) is 4.79 Å². The van der Waals surface area contributed by atoms with Crippen LogP contribution in [0.3, 0.4) is 0 Å². The van der Waals surface area contributed by atoms with Gasteiger partial charge in [0.25, 0.3) is 0 Å². The lowest BCUT2D eigenvalue weighted by atomic mass is 9.99. The molecule has 0 radical (unpaired) electrons. The minimum absolute atomic E-state index is 0.00548. The molecule has 1 aliphatic rings. The van der Waals surface area contributed by atoms with Gasteiger partial charge in [0.15, 0.2) is 0 Å². The van der Waals surface area contributed by atoms with E-state index in [0.717, 1.165) is 25.8 Å². The van der Waals surface area contributed by atoms with Crippen molar-refractivity contribution in [3.05, 3.63) is 35.9 Å². The number of nitrogens with one attached hydrogen (secondary N) is 1. The van der Waals surface area contributed by atoms with E-state index in [1.807, 2.05) is 23.1 Å². The van der Waals surface area contributed by atoms with Gasteiger partial charge < -0.3 is 15.3 Å². The number of hydrogen-bond acceptors (Lipinski definition) is 2. The van der Waals surface area contributed by atoms with Crippen molar-refractivity contribution in [1.82, 2.24) is 10.2 Å². The topological polar surface area (TPSA) is 52.6 Å². The second kappa shape index (κ2) is 7.14. The zero-order chi connectivity index (χ0) is 13.5. The van der Waals surface area contributed by atoms with Crippen molar-refractivity contribution in [2.75, 3.05) is 26.2 Å². The Morgan fingerprint density at radius 2 is 2.16 bits per heavy atom. The van der Waals surface area contributed by atoms with E-state index in [4.69, 9.17) is 5.11 Å². The van der Waals surface area contributed by atoms with Crippen LogP contribution in [-0.2, 0) is 6.42 Å². The quantitative estimate of drug-likeness (QED) is 0.866. The van der Waals surface area contributed by atoms with Crippen LogP contribution in [0.15, 0.2) is 30.3 Å². The molecular weight excluding hydrogens is 240 g/mol. The SMILES string of the molecule is O=C(NCCc1ccccc1)N1CCC[C@@H](CO)C1. The number of aliphatic hydroxyl groups is 1. The summed E-state index contributed by atoms with van der Waals surface area (Å²) in [4.78, 5) is 13.8. The summed E-state index contributed by atoms with van der Waals surface area (Å²) < 4.78 is 0. The molecule has 1 fully saturated rings. The molecule has 2 rings (SSSR count). The standard InChI is InChI=1S/C15H22N2O2/c18-12-14-7-4-10-17(11-14)15(19)16-9-8-13-5-2-1-3-6-13/h1-3,5-6,14,18H,4,7-12H2,(H,16,19)/t14-/m1/s1. The second-order valence-corrected chi connectivity index (χ2v) is 5.10. The number of nitrogens with zero attached hydrogens (tertiary/aromatic N) is 1. The average molecular weight is 262 g/mol. The van der Waals surface area contributed by atoms with Crippen molar-refractivity contribution >= 4 is 6.03 Å². The summed E-state index contributed by atoms with van der Waals surface area (Å²) in [5, 5.41) is 12.1. The van der Waals surface area contributed by atoms with Gasteiger partial charge in [0, 0.05) is 26.2 Å². The molecule has 4 nitrogen and oxygen atoms in total. The summed E-state index contributed by atoms with van der Waals surface area (Å²) >= 11 is 0. The highest BCUT2D eigenvalue weighted by atomic mass is 16.3. The van der Waals surface area contributed by atoms with E-state index in [1.165, 1.54) is 5.56 Å². The number of piperidine rings is 1. The summed E-state index contributed by atoms with van der Waals surface area (Å²) in [6.07, 6.45) is 2.85. The first kappa shape index (κ1) is 13.9. The monoisotopic (exact) mass is 262 g/mol. The van der Waals surface area contributed by atoms with Crippen molar-refractivity contribution in [2.45, 2.75) is 19.3 Å². The van der Waals surface area contributed by atoms with Crippen LogP contribution in [0.2, 0.25) is 0 Å². The Bertz CT molecular complexity index is 394. The summed E-state index contributed by atoms with van der Waals surface area (Å²) in [6, 6.07) is 10.1. The predicted molar refractivity (Wildman–Crippen MR) is 74.9 cm³/mol. The minimum Gasteiger partial charge on any atom is -0.396 e. The van der Waals surface area contributed by atoms with Gasteiger partial charge in [-0.2, -0.15) is 0 Å². The Kier molecular flexibility index (Phi) is 5.21. The molecule has 0 aliphatic carbocycles. The van der Waals surface area contributed by atoms with Gasteiger partial charge in [-0.15, -0.1) is 0 Å². The van der Waals surface area contributed by atoms with Crippen LogP contribution in [-0.4, -0.2) is 42.3 Å². The molecule has 0 unspecified atom stereocenters. The van der Waals surface area contributed by atoms with Crippen LogP contribution >= 0.6 is 0 Å². The Morgan fingerprint density at radius 3 is 2.89 bits per heavy atom. The van der Waals surface area contributed by atoms with E-state index in [1.54, 1.807) is 0 Å². The van der Waals surface area contributed by atoms with Crippen LogP contribution in [0, 0.1) is 5.92 Å². The zero-order valence-electron chi connectivity index (χ0n) is 11.2. The van der Waals surface area contributed by atoms with Crippen LogP contribution in [0.1, 0.15) is 18.4 Å². The number of rotatable bonds is 4. The van der Waals surface area contributed by atoms with Gasteiger partial charge in [-0.3, -0.25) is 0 Å². The normalized spacial score (nSPS) is 19.2. The molecule has 1 atom stereocenters. The van der Waals surface area contributed by atoms with Crippen molar-refractivity contribution < 1.29 is 9.90 Å². The summed E-state index contributed by atoms with van der Waals surface area (Å²) in [5.74, 6) is 0.244. The third kappa shape index (κ3) is 4.24. The first-order valence-corrected chi connectivity index (χ1v) is 6.97. The highest BCUT2D eigenvalue weighted by Crippen LogP contribution is 2.15. The third-order valence-corrected chi connectivity index (χ3v) is 3.60. The molecule has 1 heterocycles. The van der Waals surface area contributed by atoms with Gasteiger partial charge in [0.05, 0.1) is 0 Å². The fraction of sp³-hybridized carbons (Fsp3) is 0.533. The van der Waals surface area contributed by atoms with Gasteiger partial charge in [-0.05, 0) is 30.7 Å². The van der Waals surface area contributed by atoms with E-state index in [-0.39, 0.29) is 18.6 Å². The maximum Gasteiger partial charge on any atom is 0.317 e. The molecule has 1 aliphatic heterocycles. The summed E-state index contributed by atoms with van der Waals surface area (Å²) in [6.45, 7) is 2.30. The molecule has 19 heavy (non-hydrogen) atoms. The zero-order valence-corrected chi connectivity index (χ0v) is 11.2. The number of amides is 2. The van der Waals surface area contributed by atoms with Crippen molar-refractivity contribution in [3.8, 4) is 0 Å². The lowest BCUT2D eigenvalue weighted by Gasteiger charge is -2.31. The highest BCUT2D eigenvalue weighted by Gasteiger charge is 2.22. The molecule has 0 bridgehead atoms. The Balaban J connectivity index is 1.72. The number of benzene rings is 1. The maximum absolute atomic E-state index is 12.0. The maximum atomic E-state index is 12.0. The van der Waals surface area contributed by atoms with Gasteiger partial charge in [0.2, 0.25) is 0 Å². The minimum atomic E-state index is -0.00548. The molecule has 4 heteroatoms. The molecular formula is C15H22N2O2. The van der Waals surface area contributed by atoms with Gasteiger partial charge in [0.1, 0.15) is 0 Å². The number of likely N-dealkylation sites (tertiary alicyclic amines) is 1. The highest BCUT2D eigenvalue weighted by molar-refractivity contribution is 5.74. The van der Waals surface area contributed by atoms with Gasteiger partial charge in [-0.1, -0.05) is 30.3 Å². The number of urea groups is 1. The first-order valence-electron chi connectivity index (χ1n) is 6.97. The first-order chi connectivity index (χ1) is 9.29. The van der Waals surface area contributed by atoms with Crippen molar-refractivity contribution in [3.63, 3.8) is 0 Å². The Hall–Kier alpha value is -1.55. The molecule has 2 N–H and O–H groups in total. The molecule has 0 spiro atoms. The number of carbonyl (C=O) groups excluding carboxylic acids is 1. The van der Waals surface area contributed by atoms with Gasteiger partial charge >= 0.3 is 6.03 Å². The predicted octanol–water partition coefficient (Wildman–Crippen LogP) is 1.64. The number of hydrogen-bond donors (Lipinski definition) is 2. The van der Waals surface area contributed by atoms with E-state index >= 15 is 0 Å². The average Bonchev–Trinajstić information content (AvgIpc) is 2.48. The Labute approximate surface area is 114 Å². The third-order valence-electron chi connectivity index (χ3n) is 3.60. The smallest absolute Gasteiger partial charge is 0.317 e. The molecule has 1 aromatic carbocycles. The number of aliphatic hydroxyl groups excluding tert-OH is 1. The fourth-order valence-corrected chi connectivity index (χ4v) is 2.47. The fourth-order valence-electron chi connectivity index (χ4n) is 2.47. The van der Waals surface area contributed by atoms with Crippen molar-refractivity contribution in [1.29, 1.82) is 0 Å². The lowest BCUT2D eigenvalue weighted by Crippen LogP contribution is -2.46. The van der Waals surface area contributed by atoms with E-state index in [9.17, 15) is 4.79 Å². The molecule has 1 aromatic rings. The number of carbonyl (C=O) groups is 1. The second-order valence-electron chi connectivity index (χ2n) is 5.10. The van der Waals surface area contributed by atoms with E-state index in [2.05, 4.69) is 17.4 Å².